The predicted molar refractivity (Wildman–Crippen MR) is 66.2 cm³/mol. The molecule has 0 aromatic heterocycles. The van der Waals surface area contributed by atoms with E-state index >= 15 is 0 Å². The molecule has 1 aromatic carbocycles. The topological polar surface area (TPSA) is 84.2 Å². The molecule has 0 spiro atoms. The van der Waals surface area contributed by atoms with Gasteiger partial charge in [0.15, 0.2) is 17.5 Å². The Morgan fingerprint density at radius 3 is 2.45 bits per heavy atom. The van der Waals surface area contributed by atoms with Gasteiger partial charge in [-0.05, 0) is 25.1 Å². The maximum atomic E-state index is 13.3. The fourth-order valence-electron chi connectivity index (χ4n) is 1.35. The third-order valence-corrected chi connectivity index (χ3v) is 2.36. The Kier molecular flexibility index (Phi) is 5.98. The minimum absolute atomic E-state index is 0.170. The molecule has 0 aliphatic carbocycles. The normalized spacial score (nSPS) is 10.2. The van der Waals surface area contributed by atoms with Gasteiger partial charge in [-0.2, -0.15) is 0 Å². The lowest BCUT2D eigenvalue weighted by molar-refractivity contribution is -0.124. The lowest BCUT2D eigenvalue weighted by Gasteiger charge is -2.08. The Morgan fingerprint density at radius 1 is 1.10 bits per heavy atom. The number of amides is 2. The molecular formula is C12H14F3N3O2. The van der Waals surface area contributed by atoms with Gasteiger partial charge in [-0.3, -0.25) is 9.59 Å². The molecule has 0 unspecified atom stereocenters. The van der Waals surface area contributed by atoms with Crippen LogP contribution in [-0.4, -0.2) is 24.9 Å². The van der Waals surface area contributed by atoms with Crippen molar-refractivity contribution < 1.29 is 22.8 Å². The van der Waals surface area contributed by atoms with E-state index in [2.05, 4.69) is 5.32 Å². The van der Waals surface area contributed by atoms with E-state index in [0.717, 1.165) is 6.07 Å². The molecule has 0 saturated heterocycles. The van der Waals surface area contributed by atoms with Crippen LogP contribution in [0.25, 0.3) is 0 Å². The summed E-state index contributed by atoms with van der Waals surface area (Å²) in [7, 11) is 0. The van der Waals surface area contributed by atoms with Gasteiger partial charge >= 0.3 is 0 Å². The molecule has 0 bridgehead atoms. The van der Waals surface area contributed by atoms with E-state index in [9.17, 15) is 22.8 Å². The Morgan fingerprint density at radius 2 is 1.80 bits per heavy atom. The van der Waals surface area contributed by atoms with Crippen molar-refractivity contribution in [2.45, 2.75) is 12.8 Å². The van der Waals surface area contributed by atoms with E-state index in [1.165, 1.54) is 0 Å². The van der Waals surface area contributed by atoms with E-state index in [0.29, 0.717) is 19.0 Å². The monoisotopic (exact) mass is 289 g/mol. The van der Waals surface area contributed by atoms with Gasteiger partial charge in [0.1, 0.15) is 0 Å². The highest BCUT2D eigenvalue weighted by molar-refractivity contribution is 5.94. The molecule has 8 heteroatoms. The minimum Gasteiger partial charge on any atom is -0.347 e. The fourth-order valence-corrected chi connectivity index (χ4v) is 1.35. The Balaban J connectivity index is 2.51. The van der Waals surface area contributed by atoms with Gasteiger partial charge in [0.2, 0.25) is 11.8 Å². The molecule has 20 heavy (non-hydrogen) atoms. The second kappa shape index (κ2) is 7.49. The average molecular weight is 289 g/mol. The third-order valence-electron chi connectivity index (χ3n) is 2.36. The summed E-state index contributed by atoms with van der Waals surface area (Å²) in [6.07, 6.45) is 0.647. The van der Waals surface area contributed by atoms with Crippen molar-refractivity contribution in [3.63, 3.8) is 0 Å². The van der Waals surface area contributed by atoms with Gasteiger partial charge < -0.3 is 16.4 Å². The standard InChI is InChI=1S/C12H14F3N3O2/c13-7-3-4-8(12(15)11(7)14)18-10(20)6-17-9(19)2-1-5-16/h3-4H,1-2,5-6,16H2,(H,17,19)(H,18,20). The van der Waals surface area contributed by atoms with Crippen LogP contribution in [-0.2, 0) is 9.59 Å². The summed E-state index contributed by atoms with van der Waals surface area (Å²) in [6.45, 7) is -0.0540. The van der Waals surface area contributed by atoms with Crippen molar-refractivity contribution in [3.05, 3.63) is 29.6 Å². The zero-order valence-electron chi connectivity index (χ0n) is 10.5. The number of hydrogen-bond donors (Lipinski definition) is 3. The summed E-state index contributed by atoms with van der Waals surface area (Å²) in [6, 6.07) is 1.58. The first-order valence-electron chi connectivity index (χ1n) is 5.85. The van der Waals surface area contributed by atoms with Crippen LogP contribution >= 0.6 is 0 Å². The highest BCUT2D eigenvalue weighted by Gasteiger charge is 2.15. The number of nitrogens with two attached hydrogens (primary N) is 1. The van der Waals surface area contributed by atoms with Gasteiger partial charge in [-0.25, -0.2) is 13.2 Å². The average Bonchev–Trinajstić information content (AvgIpc) is 2.43. The molecule has 0 saturated carbocycles. The van der Waals surface area contributed by atoms with Gasteiger partial charge in [-0.15, -0.1) is 0 Å². The molecule has 1 rings (SSSR count). The summed E-state index contributed by atoms with van der Waals surface area (Å²) in [5.41, 5.74) is 4.72. The van der Waals surface area contributed by atoms with Crippen molar-refractivity contribution in [1.29, 1.82) is 0 Å². The number of rotatable bonds is 6. The van der Waals surface area contributed by atoms with Gasteiger partial charge in [0, 0.05) is 6.42 Å². The molecule has 0 aliphatic rings. The zero-order valence-corrected chi connectivity index (χ0v) is 10.5. The van der Waals surface area contributed by atoms with Crippen molar-refractivity contribution in [2.24, 2.45) is 5.73 Å². The van der Waals surface area contributed by atoms with Crippen molar-refractivity contribution in [3.8, 4) is 0 Å². The van der Waals surface area contributed by atoms with E-state index in [-0.39, 0.29) is 12.3 Å². The Bertz CT molecular complexity index is 509. The maximum Gasteiger partial charge on any atom is 0.243 e. The molecule has 0 heterocycles. The molecule has 1 aromatic rings. The Labute approximate surface area is 113 Å². The summed E-state index contributed by atoms with van der Waals surface area (Å²) >= 11 is 0. The summed E-state index contributed by atoms with van der Waals surface area (Å²) in [4.78, 5) is 22.6. The van der Waals surface area contributed by atoms with Crippen LogP contribution in [0.4, 0.5) is 18.9 Å². The van der Waals surface area contributed by atoms with Gasteiger partial charge in [0.05, 0.1) is 12.2 Å². The lowest BCUT2D eigenvalue weighted by Crippen LogP contribution is -2.33. The molecule has 0 atom stereocenters. The number of carbonyl (C=O) groups is 2. The molecule has 2 amide bonds. The second-order valence-electron chi connectivity index (χ2n) is 3.94. The van der Waals surface area contributed by atoms with Gasteiger partial charge in [0.25, 0.3) is 0 Å². The zero-order chi connectivity index (χ0) is 15.1. The van der Waals surface area contributed by atoms with E-state index in [4.69, 9.17) is 5.73 Å². The first-order valence-corrected chi connectivity index (χ1v) is 5.85. The molecule has 110 valence electrons. The smallest absolute Gasteiger partial charge is 0.243 e. The minimum atomic E-state index is -1.67. The highest BCUT2D eigenvalue weighted by Crippen LogP contribution is 2.19. The molecule has 4 N–H and O–H groups in total. The molecule has 5 nitrogen and oxygen atoms in total. The van der Waals surface area contributed by atoms with Crippen LogP contribution in [0.2, 0.25) is 0 Å². The number of benzene rings is 1. The number of hydrogen-bond acceptors (Lipinski definition) is 3. The SMILES string of the molecule is NCCCC(=O)NCC(=O)Nc1ccc(F)c(F)c1F. The third kappa shape index (κ3) is 4.54. The van der Waals surface area contributed by atoms with Crippen molar-refractivity contribution in [1.82, 2.24) is 5.32 Å². The maximum absolute atomic E-state index is 13.3. The number of carbonyl (C=O) groups excluding carboxylic acids is 2. The molecule has 0 fully saturated rings. The van der Waals surface area contributed by atoms with Crippen molar-refractivity contribution in [2.75, 3.05) is 18.4 Å². The highest BCUT2D eigenvalue weighted by atomic mass is 19.2. The largest absolute Gasteiger partial charge is 0.347 e. The first kappa shape index (κ1) is 16.0. The van der Waals surface area contributed by atoms with Crippen LogP contribution in [0.3, 0.4) is 0 Å². The van der Waals surface area contributed by atoms with Crippen LogP contribution in [0.15, 0.2) is 12.1 Å². The van der Waals surface area contributed by atoms with Gasteiger partial charge in [-0.1, -0.05) is 0 Å². The Hall–Kier alpha value is -2.09. The van der Waals surface area contributed by atoms with E-state index in [1.54, 1.807) is 0 Å². The summed E-state index contributed by atoms with van der Waals surface area (Å²) < 4.78 is 38.8. The van der Waals surface area contributed by atoms with E-state index < -0.39 is 35.6 Å². The van der Waals surface area contributed by atoms with Crippen LogP contribution in [0.5, 0.6) is 0 Å². The summed E-state index contributed by atoms with van der Waals surface area (Å²) in [5, 5.41) is 4.32. The van der Waals surface area contributed by atoms with Crippen LogP contribution in [0, 0.1) is 17.5 Å². The first-order chi connectivity index (χ1) is 9.45. The second-order valence-corrected chi connectivity index (χ2v) is 3.94. The van der Waals surface area contributed by atoms with Crippen LogP contribution < -0.4 is 16.4 Å². The van der Waals surface area contributed by atoms with Crippen LogP contribution in [0.1, 0.15) is 12.8 Å². The number of anilines is 1. The molecular weight excluding hydrogens is 275 g/mol. The van der Waals surface area contributed by atoms with E-state index in [1.807, 2.05) is 5.32 Å². The van der Waals surface area contributed by atoms with Crippen molar-refractivity contribution >= 4 is 17.5 Å². The fraction of sp³-hybridized carbons (Fsp3) is 0.333. The predicted octanol–water partition coefficient (Wildman–Crippen LogP) is 0.898. The number of nitrogens with one attached hydrogen (secondary N) is 2. The molecule has 0 radical (unpaired) electrons. The number of halogens is 3. The quantitative estimate of drug-likeness (QED) is 0.680. The lowest BCUT2D eigenvalue weighted by atomic mass is 10.2. The summed E-state index contributed by atoms with van der Waals surface area (Å²) in [5.74, 6) is -5.65. The molecule has 0 aliphatic heterocycles.